The van der Waals surface area contributed by atoms with Crippen molar-refractivity contribution in [2.75, 3.05) is 5.32 Å². The molecule has 1 atom stereocenters. The third kappa shape index (κ3) is 5.40. The number of amides is 1. The number of rotatable bonds is 7. The summed E-state index contributed by atoms with van der Waals surface area (Å²) in [5.74, 6) is 1.48. The fraction of sp³-hybridized carbons (Fsp3) is 0.208. The minimum atomic E-state index is -0.575. The summed E-state index contributed by atoms with van der Waals surface area (Å²) in [6.07, 6.45) is -0.575. The van der Waals surface area contributed by atoms with Crippen LogP contribution in [-0.4, -0.2) is 12.0 Å². The van der Waals surface area contributed by atoms with E-state index in [1.54, 1.807) is 18.7 Å². The maximum atomic E-state index is 12.5. The van der Waals surface area contributed by atoms with Crippen LogP contribution in [-0.2, 0) is 10.5 Å². The molecule has 0 aliphatic heterocycles. The second-order valence-electron chi connectivity index (χ2n) is 6.75. The topological polar surface area (TPSA) is 38.3 Å². The fourth-order valence-electron chi connectivity index (χ4n) is 2.71. The summed E-state index contributed by atoms with van der Waals surface area (Å²) in [5.41, 5.74) is 4.19. The Bertz CT molecular complexity index is 923. The maximum absolute atomic E-state index is 12.5. The lowest BCUT2D eigenvalue weighted by Crippen LogP contribution is -2.30. The van der Waals surface area contributed by atoms with E-state index in [-0.39, 0.29) is 5.91 Å². The summed E-state index contributed by atoms with van der Waals surface area (Å²) in [7, 11) is 0. The van der Waals surface area contributed by atoms with E-state index in [0.717, 1.165) is 28.3 Å². The molecule has 3 aromatic carbocycles. The molecule has 0 bridgehead atoms. The van der Waals surface area contributed by atoms with Gasteiger partial charge in [0.2, 0.25) is 0 Å². The number of thioether (sulfide) groups is 1. The van der Waals surface area contributed by atoms with Crippen molar-refractivity contribution in [3.63, 3.8) is 0 Å². The third-order valence-corrected chi connectivity index (χ3v) is 5.68. The van der Waals surface area contributed by atoms with Crippen molar-refractivity contribution in [2.45, 2.75) is 37.5 Å². The highest BCUT2D eigenvalue weighted by atomic mass is 32.2. The summed E-state index contributed by atoms with van der Waals surface area (Å²) in [6.45, 7) is 5.80. The van der Waals surface area contributed by atoms with Crippen molar-refractivity contribution in [2.24, 2.45) is 0 Å². The fourth-order valence-corrected chi connectivity index (χ4v) is 3.58. The van der Waals surface area contributed by atoms with E-state index in [9.17, 15) is 4.79 Å². The lowest BCUT2D eigenvalue weighted by Gasteiger charge is -2.17. The summed E-state index contributed by atoms with van der Waals surface area (Å²) in [4.78, 5) is 13.7. The van der Waals surface area contributed by atoms with Crippen LogP contribution < -0.4 is 10.1 Å². The van der Waals surface area contributed by atoms with E-state index in [1.807, 2.05) is 74.5 Å². The van der Waals surface area contributed by atoms with Crippen LogP contribution in [0.5, 0.6) is 5.75 Å². The molecule has 0 fully saturated rings. The molecule has 1 amide bonds. The van der Waals surface area contributed by atoms with Crippen LogP contribution in [0.25, 0.3) is 0 Å². The molecule has 4 heteroatoms. The summed E-state index contributed by atoms with van der Waals surface area (Å²) in [6, 6.07) is 24.1. The number of carbonyl (C=O) groups is 1. The van der Waals surface area contributed by atoms with Gasteiger partial charge in [-0.05, 0) is 67.8 Å². The highest BCUT2D eigenvalue weighted by molar-refractivity contribution is 7.98. The number of aryl methyl sites for hydroxylation is 1. The molecule has 0 radical (unpaired) electrons. The quantitative estimate of drug-likeness (QED) is 0.502. The molecule has 0 saturated heterocycles. The molecule has 0 unspecified atom stereocenters. The summed E-state index contributed by atoms with van der Waals surface area (Å²) < 4.78 is 5.86. The molecule has 3 rings (SSSR count). The number of benzene rings is 3. The van der Waals surface area contributed by atoms with E-state index in [4.69, 9.17) is 4.74 Å². The molecular weight excluding hydrogens is 366 g/mol. The van der Waals surface area contributed by atoms with Crippen molar-refractivity contribution < 1.29 is 9.53 Å². The van der Waals surface area contributed by atoms with Gasteiger partial charge in [0.1, 0.15) is 5.75 Å². The van der Waals surface area contributed by atoms with E-state index in [0.29, 0.717) is 0 Å². The van der Waals surface area contributed by atoms with Crippen molar-refractivity contribution in [1.82, 2.24) is 0 Å². The van der Waals surface area contributed by atoms with Gasteiger partial charge in [-0.2, -0.15) is 0 Å². The monoisotopic (exact) mass is 391 g/mol. The predicted octanol–water partition coefficient (Wildman–Crippen LogP) is 6.00. The first kappa shape index (κ1) is 20.0. The largest absolute Gasteiger partial charge is 0.481 e. The van der Waals surface area contributed by atoms with Gasteiger partial charge in [0, 0.05) is 16.3 Å². The Hall–Kier alpha value is -2.72. The first-order chi connectivity index (χ1) is 13.5. The zero-order valence-electron chi connectivity index (χ0n) is 16.4. The van der Waals surface area contributed by atoms with Gasteiger partial charge >= 0.3 is 0 Å². The summed E-state index contributed by atoms with van der Waals surface area (Å²) >= 11 is 1.79. The summed E-state index contributed by atoms with van der Waals surface area (Å²) in [5, 5.41) is 2.93. The van der Waals surface area contributed by atoms with Gasteiger partial charge in [-0.3, -0.25) is 4.79 Å². The van der Waals surface area contributed by atoms with Gasteiger partial charge in [0.25, 0.3) is 5.91 Å². The molecule has 0 heterocycles. The van der Waals surface area contributed by atoms with Crippen LogP contribution in [0.3, 0.4) is 0 Å². The van der Waals surface area contributed by atoms with E-state index in [1.165, 1.54) is 10.5 Å². The Balaban J connectivity index is 1.54. The molecule has 0 aliphatic carbocycles. The maximum Gasteiger partial charge on any atom is 0.265 e. The Kier molecular flexibility index (Phi) is 6.77. The van der Waals surface area contributed by atoms with Crippen LogP contribution in [0.4, 0.5) is 5.69 Å². The number of anilines is 1. The Morgan fingerprint density at radius 2 is 1.68 bits per heavy atom. The zero-order chi connectivity index (χ0) is 19.9. The smallest absolute Gasteiger partial charge is 0.265 e. The number of hydrogen-bond donors (Lipinski definition) is 1. The highest BCUT2D eigenvalue weighted by Gasteiger charge is 2.16. The van der Waals surface area contributed by atoms with Crippen LogP contribution in [0.2, 0.25) is 0 Å². The van der Waals surface area contributed by atoms with Gasteiger partial charge in [-0.15, -0.1) is 11.8 Å². The predicted molar refractivity (Wildman–Crippen MR) is 117 cm³/mol. The normalized spacial score (nSPS) is 11.7. The second kappa shape index (κ2) is 9.47. The first-order valence-corrected chi connectivity index (χ1v) is 10.3. The standard InChI is InChI=1S/C24H25NO2S/c1-17-8-7-11-23(18(17)2)27-19(3)24(26)25-21-14-12-20(13-15-21)16-28-22-9-5-4-6-10-22/h4-15,19H,16H2,1-3H3,(H,25,26)/t19-/m0/s1. The molecule has 0 spiro atoms. The van der Waals surface area contributed by atoms with Crippen LogP contribution in [0.15, 0.2) is 77.7 Å². The Morgan fingerprint density at radius 3 is 2.39 bits per heavy atom. The third-order valence-electron chi connectivity index (χ3n) is 4.60. The molecule has 0 saturated carbocycles. The molecule has 3 nitrogen and oxygen atoms in total. The van der Waals surface area contributed by atoms with E-state index < -0.39 is 6.10 Å². The minimum Gasteiger partial charge on any atom is -0.481 e. The molecule has 0 aliphatic rings. The van der Waals surface area contributed by atoms with Crippen molar-refractivity contribution in [1.29, 1.82) is 0 Å². The SMILES string of the molecule is Cc1cccc(O[C@@H](C)C(=O)Nc2ccc(CSc3ccccc3)cc2)c1C. The van der Waals surface area contributed by atoms with E-state index in [2.05, 4.69) is 17.4 Å². The second-order valence-corrected chi connectivity index (χ2v) is 7.79. The first-order valence-electron chi connectivity index (χ1n) is 9.33. The van der Waals surface area contributed by atoms with E-state index >= 15 is 0 Å². The molecule has 1 N–H and O–H groups in total. The van der Waals surface area contributed by atoms with Gasteiger partial charge in [-0.1, -0.05) is 42.5 Å². The average Bonchev–Trinajstić information content (AvgIpc) is 2.71. The van der Waals surface area contributed by atoms with Crippen molar-refractivity contribution in [3.05, 3.63) is 89.5 Å². The minimum absolute atomic E-state index is 0.160. The van der Waals surface area contributed by atoms with Crippen LogP contribution in [0.1, 0.15) is 23.6 Å². The molecule has 3 aromatic rings. The number of nitrogens with one attached hydrogen (secondary N) is 1. The van der Waals surface area contributed by atoms with Gasteiger partial charge in [0.15, 0.2) is 6.10 Å². The van der Waals surface area contributed by atoms with Crippen molar-refractivity contribution in [3.8, 4) is 5.75 Å². The molecule has 144 valence electrons. The van der Waals surface area contributed by atoms with Crippen LogP contribution >= 0.6 is 11.8 Å². The van der Waals surface area contributed by atoms with Crippen molar-refractivity contribution >= 4 is 23.4 Å². The molecule has 28 heavy (non-hydrogen) atoms. The number of carbonyl (C=O) groups excluding carboxylic acids is 1. The van der Waals surface area contributed by atoms with Gasteiger partial charge in [-0.25, -0.2) is 0 Å². The Labute approximate surface area is 171 Å². The lowest BCUT2D eigenvalue weighted by molar-refractivity contribution is -0.122. The van der Waals surface area contributed by atoms with Gasteiger partial charge in [0.05, 0.1) is 0 Å². The molecular formula is C24H25NO2S. The lowest BCUT2D eigenvalue weighted by atomic mass is 10.1. The Morgan fingerprint density at radius 1 is 0.964 bits per heavy atom. The highest BCUT2D eigenvalue weighted by Crippen LogP contribution is 2.24. The number of ether oxygens (including phenoxy) is 1. The van der Waals surface area contributed by atoms with Crippen LogP contribution in [0, 0.1) is 13.8 Å². The zero-order valence-corrected chi connectivity index (χ0v) is 17.3. The number of hydrogen-bond acceptors (Lipinski definition) is 3. The molecule has 0 aromatic heterocycles. The average molecular weight is 392 g/mol. The van der Waals surface area contributed by atoms with Gasteiger partial charge < -0.3 is 10.1 Å².